The Morgan fingerprint density at radius 2 is 1.89 bits per heavy atom. The van der Waals surface area contributed by atoms with Gasteiger partial charge < -0.3 is 15.2 Å². The van der Waals surface area contributed by atoms with Crippen molar-refractivity contribution in [1.29, 1.82) is 0 Å². The molecule has 0 unspecified atom stereocenters. The number of carbonyl (C=O) groups is 3. The standard InChI is InChI=1S/C28H26ClN3O5.CH4/c1-15(14-37-2)32-27(35)19-10-17-11-23(31-22(17)12-20(19)28(32)36)26-21(7-4-8-24(26)33)30-13-25(34)16-5-3-6-18(29)9-16;/h3-7,9-10,12,15,25,31,34H,8,11,13-14H2,1-2H3;1H4/t15-,25-;/m1./s1. The van der Waals surface area contributed by atoms with Crippen molar-refractivity contribution in [3.05, 3.63) is 87.1 Å². The molecule has 0 saturated heterocycles. The van der Waals surface area contributed by atoms with Gasteiger partial charge in [-0.05, 0) is 48.4 Å². The molecule has 3 aliphatic rings. The summed E-state index contributed by atoms with van der Waals surface area (Å²) < 4.78 is 5.12. The number of hydrogen-bond acceptors (Lipinski definition) is 7. The molecule has 0 aromatic heterocycles. The van der Waals surface area contributed by atoms with E-state index in [4.69, 9.17) is 16.3 Å². The van der Waals surface area contributed by atoms with E-state index in [-0.39, 0.29) is 50.6 Å². The fourth-order valence-corrected chi connectivity index (χ4v) is 5.14. The minimum absolute atomic E-state index is 0. The predicted molar refractivity (Wildman–Crippen MR) is 147 cm³/mol. The second-order valence-corrected chi connectivity index (χ2v) is 9.76. The molecule has 0 fully saturated rings. The topological polar surface area (TPSA) is 108 Å². The van der Waals surface area contributed by atoms with Crippen LogP contribution in [0.3, 0.4) is 0 Å². The third-order valence-corrected chi connectivity index (χ3v) is 6.96. The zero-order valence-corrected chi connectivity index (χ0v) is 21.2. The van der Waals surface area contributed by atoms with Gasteiger partial charge in [-0.3, -0.25) is 24.3 Å². The summed E-state index contributed by atoms with van der Waals surface area (Å²) in [5.41, 5.74) is 4.42. The molecule has 2 aromatic rings. The number of amides is 2. The molecule has 0 saturated carbocycles. The van der Waals surface area contributed by atoms with Crippen molar-refractivity contribution >= 4 is 40.6 Å². The van der Waals surface area contributed by atoms with Crippen LogP contribution in [-0.4, -0.2) is 59.6 Å². The van der Waals surface area contributed by atoms with Gasteiger partial charge in [-0.2, -0.15) is 0 Å². The average molecular weight is 536 g/mol. The van der Waals surface area contributed by atoms with Crippen LogP contribution in [0.2, 0.25) is 5.02 Å². The van der Waals surface area contributed by atoms with Crippen LogP contribution in [0.1, 0.15) is 58.7 Å². The van der Waals surface area contributed by atoms with Crippen molar-refractivity contribution in [1.82, 2.24) is 4.90 Å². The highest BCUT2D eigenvalue weighted by atomic mass is 35.5. The number of hydrogen-bond donors (Lipinski definition) is 2. The van der Waals surface area contributed by atoms with Gasteiger partial charge >= 0.3 is 0 Å². The van der Waals surface area contributed by atoms with Crippen molar-refractivity contribution in [3.63, 3.8) is 0 Å². The van der Waals surface area contributed by atoms with Gasteiger partial charge in [0, 0.05) is 36.4 Å². The van der Waals surface area contributed by atoms with Crippen LogP contribution in [0.25, 0.3) is 0 Å². The number of nitrogens with one attached hydrogen (secondary N) is 1. The number of Topliss-reactive ketones (excluding diaryl/α,β-unsaturated/α-hetero) is 1. The lowest BCUT2D eigenvalue weighted by molar-refractivity contribution is -0.114. The molecule has 38 heavy (non-hydrogen) atoms. The van der Waals surface area contributed by atoms with Crippen LogP contribution in [0.4, 0.5) is 5.69 Å². The number of fused-ring (bicyclic) bond motifs is 2. The van der Waals surface area contributed by atoms with Crippen molar-refractivity contribution in [3.8, 4) is 0 Å². The highest BCUT2D eigenvalue weighted by Gasteiger charge is 2.40. The molecule has 1 aliphatic carbocycles. The fraction of sp³-hybridized carbons (Fsp3) is 0.310. The lowest BCUT2D eigenvalue weighted by Gasteiger charge is -2.21. The van der Waals surface area contributed by atoms with Gasteiger partial charge in [0.1, 0.15) is 0 Å². The number of aliphatic imine (C=N–C) groups is 1. The average Bonchev–Trinajstić information content (AvgIpc) is 3.39. The third-order valence-electron chi connectivity index (χ3n) is 6.73. The predicted octanol–water partition coefficient (Wildman–Crippen LogP) is 4.53. The molecular formula is C29H30ClN3O5. The summed E-state index contributed by atoms with van der Waals surface area (Å²) >= 11 is 6.03. The number of imide groups is 1. The number of rotatable bonds is 6. The normalized spacial score (nSPS) is 20.8. The van der Waals surface area contributed by atoms with Gasteiger partial charge in [0.2, 0.25) is 0 Å². The lowest BCUT2D eigenvalue weighted by atomic mass is 9.93. The minimum Gasteiger partial charge on any atom is -0.386 e. The third kappa shape index (κ3) is 4.95. The molecule has 2 atom stereocenters. The number of allylic oxidation sites excluding steroid dienone is 4. The van der Waals surface area contributed by atoms with Gasteiger partial charge in [-0.25, -0.2) is 0 Å². The number of benzene rings is 2. The largest absolute Gasteiger partial charge is 0.386 e. The van der Waals surface area contributed by atoms with Crippen LogP contribution < -0.4 is 5.32 Å². The van der Waals surface area contributed by atoms with Crippen molar-refractivity contribution in [2.75, 3.05) is 25.6 Å². The van der Waals surface area contributed by atoms with Gasteiger partial charge in [0.25, 0.3) is 11.8 Å². The highest BCUT2D eigenvalue weighted by Crippen LogP contribution is 2.37. The Morgan fingerprint density at radius 3 is 2.61 bits per heavy atom. The summed E-state index contributed by atoms with van der Waals surface area (Å²) in [6.07, 6.45) is 3.29. The molecule has 2 heterocycles. The van der Waals surface area contributed by atoms with Crippen LogP contribution in [-0.2, 0) is 16.0 Å². The molecule has 2 aliphatic heterocycles. The van der Waals surface area contributed by atoms with E-state index in [0.29, 0.717) is 50.8 Å². The monoisotopic (exact) mass is 535 g/mol. The molecule has 9 heteroatoms. The first-order chi connectivity index (χ1) is 17.8. The number of aliphatic hydroxyl groups excluding tert-OH is 1. The minimum atomic E-state index is -0.875. The molecular weight excluding hydrogens is 506 g/mol. The summed E-state index contributed by atoms with van der Waals surface area (Å²) in [6, 6.07) is 9.97. The summed E-state index contributed by atoms with van der Waals surface area (Å²) in [5.74, 6) is -0.792. The summed E-state index contributed by atoms with van der Waals surface area (Å²) in [4.78, 5) is 44.7. The number of aliphatic hydroxyl groups is 1. The number of ether oxygens (including phenoxy) is 1. The van der Waals surface area contributed by atoms with Crippen molar-refractivity contribution in [2.45, 2.75) is 39.3 Å². The van der Waals surface area contributed by atoms with E-state index in [2.05, 4.69) is 10.3 Å². The maximum absolute atomic E-state index is 13.0. The molecule has 2 N–H and O–H groups in total. The smallest absolute Gasteiger partial charge is 0.261 e. The number of carbonyl (C=O) groups excluding carboxylic acids is 3. The molecule has 2 amide bonds. The molecule has 0 radical (unpaired) electrons. The van der Waals surface area contributed by atoms with E-state index in [1.165, 1.54) is 12.0 Å². The number of nitrogens with zero attached hydrogens (tertiary/aromatic N) is 2. The zero-order valence-electron chi connectivity index (χ0n) is 20.5. The number of halogens is 1. The Hall–Kier alpha value is -3.59. The molecule has 0 bridgehead atoms. The Kier molecular flexibility index (Phi) is 7.97. The first-order valence-electron chi connectivity index (χ1n) is 12.0. The molecule has 2 aromatic carbocycles. The van der Waals surface area contributed by atoms with E-state index in [0.717, 1.165) is 5.56 Å². The second kappa shape index (κ2) is 11.0. The van der Waals surface area contributed by atoms with Gasteiger partial charge in [0.15, 0.2) is 5.78 Å². The van der Waals surface area contributed by atoms with Crippen molar-refractivity contribution in [2.24, 2.45) is 4.99 Å². The number of ketones is 1. The van der Waals surface area contributed by atoms with Gasteiger partial charge in [-0.15, -0.1) is 0 Å². The first kappa shape index (κ1) is 27.4. The van der Waals surface area contributed by atoms with Crippen LogP contribution >= 0.6 is 11.6 Å². The van der Waals surface area contributed by atoms with Gasteiger partial charge in [-0.1, -0.05) is 37.2 Å². The Balaban J connectivity index is 0.00000336. The van der Waals surface area contributed by atoms with Crippen LogP contribution in [0.5, 0.6) is 0 Å². The first-order valence-corrected chi connectivity index (χ1v) is 12.4. The van der Waals surface area contributed by atoms with E-state index in [1.54, 1.807) is 55.5 Å². The summed E-state index contributed by atoms with van der Waals surface area (Å²) in [7, 11) is 1.53. The van der Waals surface area contributed by atoms with E-state index in [9.17, 15) is 19.5 Å². The highest BCUT2D eigenvalue weighted by molar-refractivity contribution is 6.30. The SMILES string of the molecule is C.COC[C@@H](C)N1C(=O)c2cc3c(cc2C1=O)NC(=C1C(=O)CC=CC1=NC[C@@H](O)c1cccc(Cl)c1)C3. The second-order valence-electron chi connectivity index (χ2n) is 9.32. The zero-order chi connectivity index (χ0) is 26.3. The summed E-state index contributed by atoms with van der Waals surface area (Å²) in [6.45, 7) is 2.08. The van der Waals surface area contributed by atoms with Crippen LogP contribution in [0, 0.1) is 0 Å². The molecule has 0 spiro atoms. The Bertz CT molecular complexity index is 1360. The Morgan fingerprint density at radius 1 is 1.16 bits per heavy atom. The molecule has 198 valence electrons. The van der Waals surface area contributed by atoms with E-state index in [1.807, 2.05) is 0 Å². The lowest BCUT2D eigenvalue weighted by Crippen LogP contribution is -2.40. The van der Waals surface area contributed by atoms with E-state index < -0.39 is 6.10 Å². The molecule has 8 nitrogen and oxygen atoms in total. The number of methoxy groups -OCH3 is 1. The molecule has 5 rings (SSSR count). The maximum atomic E-state index is 13.0. The fourth-order valence-electron chi connectivity index (χ4n) is 4.94. The number of anilines is 1. The maximum Gasteiger partial charge on any atom is 0.261 e. The van der Waals surface area contributed by atoms with Crippen molar-refractivity contribution < 1.29 is 24.2 Å². The van der Waals surface area contributed by atoms with Gasteiger partial charge in [0.05, 0.1) is 47.7 Å². The summed E-state index contributed by atoms with van der Waals surface area (Å²) in [5, 5.41) is 14.4. The van der Waals surface area contributed by atoms with Crippen LogP contribution in [0.15, 0.2) is 64.8 Å². The van der Waals surface area contributed by atoms with E-state index >= 15 is 0 Å². The Labute approximate surface area is 226 Å². The quantitative estimate of drug-likeness (QED) is 0.415.